The first kappa shape index (κ1) is 27.0. The lowest BCUT2D eigenvalue weighted by atomic mass is 9.87. The number of amidine groups is 1. The maximum atomic E-state index is 13.6. The quantitative estimate of drug-likeness (QED) is 0.430. The van der Waals surface area contributed by atoms with Crippen molar-refractivity contribution in [3.05, 3.63) is 35.7 Å². The van der Waals surface area contributed by atoms with Gasteiger partial charge in [0.1, 0.15) is 17.7 Å². The van der Waals surface area contributed by atoms with Crippen LogP contribution in [0.2, 0.25) is 0 Å². The van der Waals surface area contributed by atoms with Crippen molar-refractivity contribution in [2.24, 2.45) is 0 Å². The highest BCUT2D eigenvalue weighted by atomic mass is 19.4. The number of amides is 1. The predicted octanol–water partition coefficient (Wildman–Crippen LogP) is 3.79. The Morgan fingerprint density at radius 2 is 1.82 bits per heavy atom. The van der Waals surface area contributed by atoms with E-state index in [0.717, 1.165) is 23.7 Å². The van der Waals surface area contributed by atoms with E-state index in [0.29, 0.717) is 42.5 Å². The summed E-state index contributed by atoms with van der Waals surface area (Å²) >= 11 is 0. The summed E-state index contributed by atoms with van der Waals surface area (Å²) < 4.78 is 50.9. The number of aromatic nitrogens is 2. The number of benzene rings is 1. The van der Waals surface area contributed by atoms with E-state index in [1.807, 2.05) is 24.3 Å². The Kier molecular flexibility index (Phi) is 7.04. The Morgan fingerprint density at radius 1 is 1.15 bits per heavy atom. The summed E-state index contributed by atoms with van der Waals surface area (Å²) in [6, 6.07) is 5.33. The molecule has 3 aliphatic heterocycles. The number of alkyl halides is 3. The SMILES string of the molecule is CNc1nc(COC(=N)N2CCC[C@H]2C(F)(F)F)nc2c1C(C)(C)C(=O)N2c1ccc(N2CCOCC2)cc1. The second kappa shape index (κ2) is 10.2. The molecular formula is C26H32F3N7O3. The summed E-state index contributed by atoms with van der Waals surface area (Å²) in [6.07, 6.45) is -4.20. The Bertz CT molecular complexity index is 1250. The molecule has 0 bridgehead atoms. The largest absolute Gasteiger partial charge is 0.457 e. The van der Waals surface area contributed by atoms with Crippen LogP contribution in [0.3, 0.4) is 0 Å². The highest BCUT2D eigenvalue weighted by Crippen LogP contribution is 2.47. The fraction of sp³-hybridized carbons (Fsp3) is 0.538. The number of hydrogen-bond donors (Lipinski definition) is 2. The summed E-state index contributed by atoms with van der Waals surface area (Å²) in [5, 5.41) is 11.1. The van der Waals surface area contributed by atoms with Gasteiger partial charge in [0.05, 0.1) is 29.9 Å². The molecule has 4 heterocycles. The molecule has 0 spiro atoms. The molecule has 3 aliphatic rings. The second-order valence-electron chi connectivity index (χ2n) is 10.3. The number of halogens is 3. The first-order valence-electron chi connectivity index (χ1n) is 12.9. The van der Waals surface area contributed by atoms with Crippen molar-refractivity contribution >= 4 is 34.9 Å². The van der Waals surface area contributed by atoms with Crippen molar-refractivity contribution in [3.63, 3.8) is 0 Å². The van der Waals surface area contributed by atoms with Crippen molar-refractivity contribution in [2.75, 3.05) is 55.0 Å². The van der Waals surface area contributed by atoms with Gasteiger partial charge in [0.15, 0.2) is 12.4 Å². The minimum atomic E-state index is -4.45. The Hall–Kier alpha value is -3.61. The zero-order valence-corrected chi connectivity index (χ0v) is 22.1. The number of fused-ring (bicyclic) bond motifs is 1. The molecule has 210 valence electrons. The Labute approximate surface area is 224 Å². The molecule has 1 aromatic carbocycles. The van der Waals surface area contributed by atoms with Gasteiger partial charge in [0, 0.05) is 32.4 Å². The molecular weight excluding hydrogens is 515 g/mol. The highest BCUT2D eigenvalue weighted by molar-refractivity contribution is 6.12. The zero-order chi connectivity index (χ0) is 27.9. The molecule has 2 saturated heterocycles. The third-order valence-electron chi connectivity index (χ3n) is 7.46. The van der Waals surface area contributed by atoms with Crippen LogP contribution in [-0.4, -0.2) is 78.9 Å². The summed E-state index contributed by atoms with van der Waals surface area (Å²) in [4.78, 5) is 27.4. The number of carbonyl (C=O) groups is 1. The molecule has 0 saturated carbocycles. The lowest BCUT2D eigenvalue weighted by Gasteiger charge is -2.29. The van der Waals surface area contributed by atoms with Gasteiger partial charge in [-0.2, -0.15) is 13.2 Å². The second-order valence-corrected chi connectivity index (χ2v) is 10.3. The van der Waals surface area contributed by atoms with Crippen LogP contribution in [-0.2, 0) is 26.3 Å². The van der Waals surface area contributed by atoms with Crippen LogP contribution in [0.5, 0.6) is 0 Å². The summed E-state index contributed by atoms with van der Waals surface area (Å²) in [5.41, 5.74) is 1.34. The van der Waals surface area contributed by atoms with Gasteiger partial charge < -0.3 is 24.6 Å². The van der Waals surface area contributed by atoms with E-state index in [4.69, 9.17) is 14.9 Å². The van der Waals surface area contributed by atoms with Gasteiger partial charge in [-0.25, -0.2) is 9.97 Å². The number of likely N-dealkylation sites (tertiary alicyclic amines) is 1. The third kappa shape index (κ3) is 4.95. The van der Waals surface area contributed by atoms with Crippen LogP contribution >= 0.6 is 0 Å². The summed E-state index contributed by atoms with van der Waals surface area (Å²) in [6.45, 7) is 6.27. The van der Waals surface area contributed by atoms with E-state index < -0.39 is 23.7 Å². The number of morpholine rings is 1. The van der Waals surface area contributed by atoms with E-state index in [1.165, 1.54) is 4.90 Å². The molecule has 10 nitrogen and oxygen atoms in total. The molecule has 0 radical (unpaired) electrons. The number of anilines is 4. The van der Waals surface area contributed by atoms with E-state index >= 15 is 0 Å². The summed E-state index contributed by atoms with van der Waals surface area (Å²) in [5.74, 6) is 0.762. The van der Waals surface area contributed by atoms with Crippen molar-refractivity contribution in [3.8, 4) is 0 Å². The minimum absolute atomic E-state index is 0.0784. The number of hydrogen-bond acceptors (Lipinski definition) is 8. The van der Waals surface area contributed by atoms with Gasteiger partial charge in [0.25, 0.3) is 6.02 Å². The van der Waals surface area contributed by atoms with Crippen LogP contribution in [0.1, 0.15) is 38.1 Å². The number of rotatable bonds is 5. The van der Waals surface area contributed by atoms with E-state index in [1.54, 1.807) is 20.9 Å². The highest BCUT2D eigenvalue weighted by Gasteiger charge is 2.49. The Morgan fingerprint density at radius 3 is 2.46 bits per heavy atom. The standard InChI is InChI=1S/C26H32F3N7O3/c1-25(2)20-21(31-3)32-19(15-39-24(30)35-10-4-5-18(35)26(27,28)29)33-22(20)36(23(25)37)17-8-6-16(7-9-17)34-11-13-38-14-12-34/h6-9,18,30H,4-5,10-15H2,1-3H3,(H,31,32,33)/t18-/m0/s1. The number of ether oxygens (including phenoxy) is 2. The van der Waals surface area contributed by atoms with Crippen LogP contribution < -0.4 is 15.1 Å². The number of nitrogens with one attached hydrogen (secondary N) is 2. The molecule has 2 N–H and O–H groups in total. The normalized spacial score (nSPS) is 20.8. The lowest BCUT2D eigenvalue weighted by molar-refractivity contribution is -0.169. The molecule has 0 unspecified atom stereocenters. The maximum absolute atomic E-state index is 13.6. The third-order valence-corrected chi connectivity index (χ3v) is 7.46. The fourth-order valence-corrected chi connectivity index (χ4v) is 5.40. The van der Waals surface area contributed by atoms with E-state index in [2.05, 4.69) is 20.2 Å². The molecule has 39 heavy (non-hydrogen) atoms. The first-order chi connectivity index (χ1) is 18.5. The molecule has 2 aromatic rings. The zero-order valence-electron chi connectivity index (χ0n) is 22.1. The number of nitrogens with zero attached hydrogens (tertiary/aromatic N) is 5. The van der Waals surface area contributed by atoms with Crippen LogP contribution in [0.25, 0.3) is 0 Å². The van der Waals surface area contributed by atoms with Gasteiger partial charge in [-0.05, 0) is 51.0 Å². The maximum Gasteiger partial charge on any atom is 0.408 e. The van der Waals surface area contributed by atoms with Gasteiger partial charge >= 0.3 is 6.18 Å². The Balaban J connectivity index is 1.42. The molecule has 0 aliphatic carbocycles. The predicted molar refractivity (Wildman–Crippen MR) is 140 cm³/mol. The average molecular weight is 548 g/mol. The smallest absolute Gasteiger partial charge is 0.408 e. The van der Waals surface area contributed by atoms with Crippen LogP contribution in [0.15, 0.2) is 24.3 Å². The molecule has 1 aromatic heterocycles. The molecule has 1 atom stereocenters. The van der Waals surface area contributed by atoms with Crippen molar-refractivity contribution < 1.29 is 27.4 Å². The van der Waals surface area contributed by atoms with Gasteiger partial charge in [-0.3, -0.25) is 15.1 Å². The topological polar surface area (TPSA) is 107 Å². The van der Waals surface area contributed by atoms with Crippen LogP contribution in [0.4, 0.5) is 36.2 Å². The van der Waals surface area contributed by atoms with Crippen molar-refractivity contribution in [1.29, 1.82) is 5.41 Å². The summed E-state index contributed by atoms with van der Waals surface area (Å²) in [7, 11) is 1.67. The van der Waals surface area contributed by atoms with Crippen molar-refractivity contribution in [2.45, 2.75) is 50.9 Å². The number of carbonyl (C=O) groups excluding carboxylic acids is 1. The van der Waals surface area contributed by atoms with Gasteiger partial charge in [0.2, 0.25) is 5.91 Å². The van der Waals surface area contributed by atoms with Gasteiger partial charge in [-0.1, -0.05) is 0 Å². The molecule has 5 rings (SSSR count). The van der Waals surface area contributed by atoms with E-state index in [9.17, 15) is 18.0 Å². The van der Waals surface area contributed by atoms with Crippen LogP contribution in [0, 0.1) is 5.41 Å². The van der Waals surface area contributed by atoms with E-state index in [-0.39, 0.29) is 31.3 Å². The molecule has 1 amide bonds. The molecule has 13 heteroatoms. The monoisotopic (exact) mass is 547 g/mol. The molecule has 2 fully saturated rings. The van der Waals surface area contributed by atoms with Gasteiger partial charge in [-0.15, -0.1) is 0 Å². The fourth-order valence-electron chi connectivity index (χ4n) is 5.40. The lowest BCUT2D eigenvalue weighted by Crippen LogP contribution is -2.45. The minimum Gasteiger partial charge on any atom is -0.457 e. The first-order valence-corrected chi connectivity index (χ1v) is 12.9. The van der Waals surface area contributed by atoms with Crippen molar-refractivity contribution in [1.82, 2.24) is 14.9 Å². The average Bonchev–Trinajstić information content (AvgIpc) is 3.50.